The second-order valence-corrected chi connectivity index (χ2v) is 6.19. The summed E-state index contributed by atoms with van der Waals surface area (Å²) >= 11 is 0. The Labute approximate surface area is 137 Å². The number of nitrogens with one attached hydrogen (secondary N) is 2. The van der Waals surface area contributed by atoms with Crippen LogP contribution in [0.15, 0.2) is 40.8 Å². The topological polar surface area (TPSA) is 54.3 Å². The van der Waals surface area contributed by atoms with Gasteiger partial charge < -0.3 is 15.1 Å². The summed E-state index contributed by atoms with van der Waals surface area (Å²) in [7, 11) is 0. The molecule has 1 aliphatic rings. The van der Waals surface area contributed by atoms with Crippen molar-refractivity contribution < 1.29 is 9.21 Å². The minimum atomic E-state index is -0.0149. The van der Waals surface area contributed by atoms with Crippen LogP contribution in [-0.2, 0) is 6.42 Å². The molecule has 2 aromatic rings. The van der Waals surface area contributed by atoms with E-state index in [2.05, 4.69) is 16.7 Å². The monoisotopic (exact) mass is 312 g/mol. The summed E-state index contributed by atoms with van der Waals surface area (Å²) in [4.78, 5) is 12.3. The van der Waals surface area contributed by atoms with Gasteiger partial charge in [0.25, 0.3) is 5.91 Å². The normalized spacial score (nSPS) is 17.9. The Kier molecular flexibility index (Phi) is 5.13. The quantitative estimate of drug-likeness (QED) is 0.892. The molecule has 122 valence electrons. The lowest BCUT2D eigenvalue weighted by Crippen LogP contribution is -2.29. The molecular formula is C19H24N2O2. The van der Waals surface area contributed by atoms with Crippen molar-refractivity contribution in [1.82, 2.24) is 10.6 Å². The first kappa shape index (κ1) is 15.8. The molecule has 0 radical (unpaired) electrons. The fourth-order valence-electron chi connectivity index (χ4n) is 3.09. The van der Waals surface area contributed by atoms with Gasteiger partial charge in [0.2, 0.25) is 0 Å². The molecule has 1 aliphatic heterocycles. The third kappa shape index (κ3) is 4.23. The lowest BCUT2D eigenvalue weighted by molar-refractivity contribution is 0.0953. The number of benzene rings is 1. The van der Waals surface area contributed by atoms with Gasteiger partial charge in [-0.1, -0.05) is 12.1 Å². The molecule has 4 nitrogen and oxygen atoms in total. The number of piperidine rings is 1. The Bertz CT molecular complexity index is 657. The Morgan fingerprint density at radius 1 is 1.35 bits per heavy atom. The molecule has 1 saturated heterocycles. The Morgan fingerprint density at radius 2 is 2.26 bits per heavy atom. The zero-order valence-electron chi connectivity index (χ0n) is 13.6. The lowest BCUT2D eigenvalue weighted by atomic mass is 9.90. The molecule has 1 atom stereocenters. The third-order valence-electron chi connectivity index (χ3n) is 4.37. The van der Waals surface area contributed by atoms with Crippen molar-refractivity contribution in [3.63, 3.8) is 0 Å². The average molecular weight is 312 g/mol. The maximum Gasteiger partial charge on any atom is 0.251 e. The second-order valence-electron chi connectivity index (χ2n) is 6.19. The summed E-state index contributed by atoms with van der Waals surface area (Å²) < 4.78 is 5.51. The zero-order valence-corrected chi connectivity index (χ0v) is 13.6. The average Bonchev–Trinajstić information content (AvgIpc) is 3.01. The number of aryl methyl sites for hydroxylation is 1. The van der Waals surface area contributed by atoms with E-state index >= 15 is 0 Å². The summed E-state index contributed by atoms with van der Waals surface area (Å²) in [5.41, 5.74) is 2.00. The predicted molar refractivity (Wildman–Crippen MR) is 90.8 cm³/mol. The maximum atomic E-state index is 12.3. The van der Waals surface area contributed by atoms with Crippen LogP contribution in [0, 0.1) is 6.92 Å². The summed E-state index contributed by atoms with van der Waals surface area (Å²) in [5, 5.41) is 6.40. The first-order valence-corrected chi connectivity index (χ1v) is 8.36. The van der Waals surface area contributed by atoms with Gasteiger partial charge in [-0.3, -0.25) is 4.79 Å². The van der Waals surface area contributed by atoms with Gasteiger partial charge in [-0.15, -0.1) is 0 Å². The molecule has 0 saturated carbocycles. The molecule has 2 heterocycles. The molecule has 1 fully saturated rings. The van der Waals surface area contributed by atoms with Crippen LogP contribution in [0.25, 0.3) is 0 Å². The molecule has 1 aromatic carbocycles. The Hall–Kier alpha value is -2.07. The van der Waals surface area contributed by atoms with E-state index in [1.807, 2.05) is 37.3 Å². The fraction of sp³-hybridized carbons (Fsp3) is 0.421. The molecule has 2 N–H and O–H groups in total. The number of hydrogen-bond donors (Lipinski definition) is 2. The highest BCUT2D eigenvalue weighted by Gasteiger charge is 2.16. The molecular weight excluding hydrogens is 288 g/mol. The number of hydrogen-bond acceptors (Lipinski definition) is 3. The smallest absolute Gasteiger partial charge is 0.251 e. The van der Waals surface area contributed by atoms with Crippen molar-refractivity contribution in [1.29, 1.82) is 0 Å². The molecule has 1 amide bonds. The van der Waals surface area contributed by atoms with Crippen LogP contribution in [0.2, 0.25) is 0 Å². The number of rotatable bonds is 5. The summed E-state index contributed by atoms with van der Waals surface area (Å²) in [6.07, 6.45) is 3.10. The van der Waals surface area contributed by atoms with Crippen molar-refractivity contribution in [2.45, 2.75) is 32.1 Å². The van der Waals surface area contributed by atoms with Gasteiger partial charge in [0, 0.05) is 25.1 Å². The molecule has 3 rings (SSSR count). The van der Waals surface area contributed by atoms with Gasteiger partial charge in [0.15, 0.2) is 0 Å². The molecule has 1 unspecified atom stereocenters. The van der Waals surface area contributed by atoms with Gasteiger partial charge in [-0.2, -0.15) is 0 Å². The van der Waals surface area contributed by atoms with Crippen molar-refractivity contribution in [2.24, 2.45) is 0 Å². The molecule has 4 heteroatoms. The first-order chi connectivity index (χ1) is 11.2. The van der Waals surface area contributed by atoms with Gasteiger partial charge in [-0.25, -0.2) is 0 Å². The third-order valence-corrected chi connectivity index (χ3v) is 4.37. The first-order valence-electron chi connectivity index (χ1n) is 8.36. The largest absolute Gasteiger partial charge is 0.466 e. The molecule has 0 bridgehead atoms. The minimum Gasteiger partial charge on any atom is -0.466 e. The molecule has 1 aromatic heterocycles. The van der Waals surface area contributed by atoms with Crippen molar-refractivity contribution >= 4 is 5.91 Å². The lowest BCUT2D eigenvalue weighted by Gasteiger charge is -2.23. The highest BCUT2D eigenvalue weighted by atomic mass is 16.3. The molecule has 0 spiro atoms. The van der Waals surface area contributed by atoms with E-state index in [1.54, 1.807) is 0 Å². The van der Waals surface area contributed by atoms with Gasteiger partial charge in [0.1, 0.15) is 11.5 Å². The summed E-state index contributed by atoms with van der Waals surface area (Å²) in [6.45, 7) is 4.61. The van der Waals surface area contributed by atoms with Crippen LogP contribution in [0.5, 0.6) is 0 Å². The fourth-order valence-corrected chi connectivity index (χ4v) is 3.09. The van der Waals surface area contributed by atoms with E-state index < -0.39 is 0 Å². The maximum absolute atomic E-state index is 12.3. The SMILES string of the molecule is Cc1ccc(CCNC(=O)c2cccc(C3CCCNC3)c2)o1. The number of furan rings is 1. The standard InChI is InChI=1S/C19H24N2O2/c1-14-7-8-18(23-14)9-11-21-19(22)16-5-2-4-15(12-16)17-6-3-10-20-13-17/h2,4-5,7-8,12,17,20H,3,6,9-11,13H2,1H3,(H,21,22). The van der Waals surface area contributed by atoms with Crippen LogP contribution in [0.4, 0.5) is 0 Å². The minimum absolute atomic E-state index is 0.0149. The van der Waals surface area contributed by atoms with Crippen LogP contribution in [0.3, 0.4) is 0 Å². The van der Waals surface area contributed by atoms with E-state index in [9.17, 15) is 4.79 Å². The van der Waals surface area contributed by atoms with Crippen molar-refractivity contribution in [3.8, 4) is 0 Å². The van der Waals surface area contributed by atoms with E-state index in [0.717, 1.165) is 30.2 Å². The summed E-state index contributed by atoms with van der Waals surface area (Å²) in [6, 6.07) is 11.9. The number of carbonyl (C=O) groups is 1. The van der Waals surface area contributed by atoms with Gasteiger partial charge in [-0.05, 0) is 62.1 Å². The van der Waals surface area contributed by atoms with Crippen LogP contribution in [-0.4, -0.2) is 25.5 Å². The predicted octanol–water partition coefficient (Wildman–Crippen LogP) is 3.03. The van der Waals surface area contributed by atoms with Crippen molar-refractivity contribution in [2.75, 3.05) is 19.6 Å². The van der Waals surface area contributed by atoms with E-state index in [0.29, 0.717) is 18.9 Å². The van der Waals surface area contributed by atoms with Crippen LogP contribution >= 0.6 is 0 Å². The Morgan fingerprint density at radius 3 is 3.00 bits per heavy atom. The highest BCUT2D eigenvalue weighted by Crippen LogP contribution is 2.23. The van der Waals surface area contributed by atoms with E-state index in [1.165, 1.54) is 18.4 Å². The van der Waals surface area contributed by atoms with Crippen LogP contribution in [0.1, 0.15) is 46.2 Å². The van der Waals surface area contributed by atoms with Crippen molar-refractivity contribution in [3.05, 3.63) is 59.0 Å². The number of carbonyl (C=O) groups excluding carboxylic acids is 1. The second kappa shape index (κ2) is 7.47. The van der Waals surface area contributed by atoms with E-state index in [-0.39, 0.29) is 5.91 Å². The van der Waals surface area contributed by atoms with Crippen LogP contribution < -0.4 is 10.6 Å². The zero-order chi connectivity index (χ0) is 16.1. The highest BCUT2D eigenvalue weighted by molar-refractivity contribution is 5.94. The Balaban J connectivity index is 1.56. The molecule has 0 aliphatic carbocycles. The van der Waals surface area contributed by atoms with Gasteiger partial charge in [0.05, 0.1) is 0 Å². The van der Waals surface area contributed by atoms with Gasteiger partial charge >= 0.3 is 0 Å². The number of amides is 1. The van der Waals surface area contributed by atoms with E-state index in [4.69, 9.17) is 4.42 Å². The summed E-state index contributed by atoms with van der Waals surface area (Å²) in [5.74, 6) is 2.31. The molecule has 23 heavy (non-hydrogen) atoms.